The van der Waals surface area contributed by atoms with Crippen molar-refractivity contribution in [2.75, 3.05) is 39.4 Å². The molecule has 0 saturated heterocycles. The van der Waals surface area contributed by atoms with Crippen LogP contribution in [0.1, 0.15) is 47.4 Å². The topological polar surface area (TPSA) is 83.0 Å². The van der Waals surface area contributed by atoms with Crippen LogP contribution in [0.4, 0.5) is 0 Å². The van der Waals surface area contributed by atoms with Crippen molar-refractivity contribution in [3.8, 4) is 0 Å². The number of guanidine groups is 1. The zero-order valence-corrected chi connectivity index (χ0v) is 18.3. The van der Waals surface area contributed by atoms with E-state index in [4.69, 9.17) is 4.74 Å². The molecule has 1 aromatic carbocycles. The molecule has 150 valence electrons. The number of hydrogen-bond donors (Lipinski definition) is 2. The Morgan fingerprint density at radius 3 is 2.33 bits per heavy atom. The minimum Gasteiger partial charge on any atom is -0.380 e. The Labute approximate surface area is 178 Å². The fourth-order valence-corrected chi connectivity index (χ4v) is 2.74. The van der Waals surface area contributed by atoms with E-state index in [0.717, 1.165) is 25.3 Å². The highest BCUT2D eigenvalue weighted by Gasteiger charge is 2.34. The first-order valence-electron chi connectivity index (χ1n) is 9.24. The summed E-state index contributed by atoms with van der Waals surface area (Å²) in [6, 6.07) is 6.97. The van der Waals surface area contributed by atoms with E-state index in [0.29, 0.717) is 44.0 Å². The van der Waals surface area contributed by atoms with Crippen molar-refractivity contribution in [1.29, 1.82) is 0 Å². The average molecular weight is 488 g/mol. The van der Waals surface area contributed by atoms with Gasteiger partial charge in [-0.15, -0.1) is 24.0 Å². The van der Waals surface area contributed by atoms with Crippen LogP contribution in [-0.4, -0.2) is 62.1 Å². The number of hydrogen-bond acceptors (Lipinski definition) is 4. The maximum Gasteiger partial charge on any atom is 0.261 e. The van der Waals surface area contributed by atoms with E-state index in [1.165, 1.54) is 4.90 Å². The Morgan fingerprint density at radius 2 is 1.74 bits per heavy atom. The molecule has 0 aliphatic carbocycles. The number of amides is 2. The smallest absolute Gasteiger partial charge is 0.261 e. The van der Waals surface area contributed by atoms with Gasteiger partial charge in [0.25, 0.3) is 11.8 Å². The van der Waals surface area contributed by atoms with Crippen LogP contribution in [0.5, 0.6) is 0 Å². The number of rotatable bonds is 10. The lowest BCUT2D eigenvalue weighted by Gasteiger charge is -2.13. The molecule has 0 fully saturated rings. The summed E-state index contributed by atoms with van der Waals surface area (Å²) in [7, 11) is 0. The van der Waals surface area contributed by atoms with Crippen molar-refractivity contribution in [1.82, 2.24) is 15.5 Å². The lowest BCUT2D eigenvalue weighted by atomic mass is 10.1. The van der Waals surface area contributed by atoms with Gasteiger partial charge in [-0.05, 0) is 38.8 Å². The fraction of sp³-hybridized carbons (Fsp3) is 0.526. The highest BCUT2D eigenvalue weighted by atomic mass is 127. The Bertz CT molecular complexity index is 617. The molecule has 27 heavy (non-hydrogen) atoms. The van der Waals surface area contributed by atoms with Gasteiger partial charge in [0.05, 0.1) is 17.7 Å². The van der Waals surface area contributed by atoms with Gasteiger partial charge in [-0.2, -0.15) is 0 Å². The summed E-state index contributed by atoms with van der Waals surface area (Å²) in [5, 5.41) is 6.39. The number of ether oxygens (including phenoxy) is 1. The Kier molecular flexibility index (Phi) is 11.0. The second-order valence-corrected chi connectivity index (χ2v) is 5.90. The van der Waals surface area contributed by atoms with E-state index in [1.54, 1.807) is 24.3 Å². The summed E-state index contributed by atoms with van der Waals surface area (Å²) in [6.07, 6.45) is 1.53. The monoisotopic (exact) mass is 488 g/mol. The van der Waals surface area contributed by atoms with Crippen molar-refractivity contribution in [3.63, 3.8) is 0 Å². The molecule has 0 bridgehead atoms. The quantitative estimate of drug-likeness (QED) is 0.174. The molecule has 2 amide bonds. The lowest BCUT2D eigenvalue weighted by Crippen LogP contribution is -2.39. The first-order chi connectivity index (χ1) is 12.7. The molecule has 2 N–H and O–H groups in total. The molecule has 1 aliphatic heterocycles. The van der Waals surface area contributed by atoms with E-state index >= 15 is 0 Å². The Morgan fingerprint density at radius 1 is 1.07 bits per heavy atom. The molecule has 1 heterocycles. The Balaban J connectivity index is 0.00000364. The van der Waals surface area contributed by atoms with Crippen LogP contribution in [-0.2, 0) is 4.74 Å². The van der Waals surface area contributed by atoms with Gasteiger partial charge in [-0.1, -0.05) is 12.1 Å². The van der Waals surface area contributed by atoms with Crippen molar-refractivity contribution in [2.45, 2.75) is 26.7 Å². The number of nitrogens with one attached hydrogen (secondary N) is 2. The van der Waals surface area contributed by atoms with Crippen molar-refractivity contribution in [3.05, 3.63) is 35.4 Å². The van der Waals surface area contributed by atoms with Crippen LogP contribution in [0, 0.1) is 0 Å². The van der Waals surface area contributed by atoms with Crippen molar-refractivity contribution in [2.24, 2.45) is 4.99 Å². The molecular weight excluding hydrogens is 459 g/mol. The average Bonchev–Trinajstić information content (AvgIpc) is 2.90. The number of nitrogens with zero attached hydrogens (tertiary/aromatic N) is 2. The molecule has 0 saturated carbocycles. The molecule has 0 unspecified atom stereocenters. The van der Waals surface area contributed by atoms with E-state index < -0.39 is 0 Å². The van der Waals surface area contributed by atoms with Gasteiger partial charge < -0.3 is 15.4 Å². The third kappa shape index (κ3) is 6.76. The maximum absolute atomic E-state index is 12.3. The Hall–Kier alpha value is -1.68. The van der Waals surface area contributed by atoms with Gasteiger partial charge in [0.2, 0.25) is 0 Å². The second-order valence-electron chi connectivity index (χ2n) is 5.90. The van der Waals surface area contributed by atoms with Gasteiger partial charge in [0.15, 0.2) is 5.96 Å². The normalized spacial score (nSPS) is 13.4. The summed E-state index contributed by atoms with van der Waals surface area (Å²) in [5.41, 5.74) is 1.01. The summed E-state index contributed by atoms with van der Waals surface area (Å²) in [6.45, 7) is 7.87. The molecule has 0 atom stereocenters. The van der Waals surface area contributed by atoms with Gasteiger partial charge in [0.1, 0.15) is 0 Å². The zero-order chi connectivity index (χ0) is 18.8. The van der Waals surface area contributed by atoms with Crippen LogP contribution in [0.2, 0.25) is 0 Å². The molecular formula is C19H29IN4O3. The molecule has 1 aliphatic rings. The predicted molar refractivity (Wildman–Crippen MR) is 117 cm³/mol. The van der Waals surface area contributed by atoms with Crippen LogP contribution in [0.3, 0.4) is 0 Å². The molecule has 7 nitrogen and oxygen atoms in total. The molecule has 0 spiro atoms. The molecule has 8 heteroatoms. The maximum atomic E-state index is 12.3. The molecule has 1 aromatic rings. The number of imide groups is 1. The molecule has 0 radical (unpaired) electrons. The summed E-state index contributed by atoms with van der Waals surface area (Å²) in [5.74, 6) is 0.369. The number of carbonyl (C=O) groups is 2. The predicted octanol–water partition coefficient (Wildman–Crippen LogP) is 2.27. The van der Waals surface area contributed by atoms with E-state index in [1.807, 2.05) is 13.8 Å². The molecule has 0 aromatic heterocycles. The second kappa shape index (κ2) is 12.7. The standard InChI is InChI=1S/C19H28N4O3.HI/c1-3-20-19(22-12-14-26-4-2)21-11-7-8-13-23-17(24)15-9-5-6-10-16(15)18(23)25;/h5-6,9-10H,3-4,7-8,11-14H2,1-2H3,(H2,20,21,22);1H. The third-order valence-corrected chi connectivity index (χ3v) is 4.03. The zero-order valence-electron chi connectivity index (χ0n) is 16.0. The number of aliphatic imine (C=N–C) groups is 1. The van der Waals surface area contributed by atoms with Crippen LogP contribution in [0.15, 0.2) is 29.3 Å². The summed E-state index contributed by atoms with van der Waals surface area (Å²) in [4.78, 5) is 30.4. The summed E-state index contributed by atoms with van der Waals surface area (Å²) >= 11 is 0. The van der Waals surface area contributed by atoms with E-state index in [2.05, 4.69) is 15.6 Å². The van der Waals surface area contributed by atoms with Gasteiger partial charge >= 0.3 is 0 Å². The van der Waals surface area contributed by atoms with Crippen LogP contribution < -0.4 is 10.6 Å². The van der Waals surface area contributed by atoms with Crippen molar-refractivity contribution >= 4 is 41.8 Å². The SMILES string of the molecule is CCNC(=NCCCCN1C(=O)c2ccccc2C1=O)NCCOCC.I. The van der Waals surface area contributed by atoms with E-state index in [9.17, 15) is 9.59 Å². The van der Waals surface area contributed by atoms with Gasteiger partial charge in [-0.3, -0.25) is 19.5 Å². The molecule has 2 rings (SSSR count). The van der Waals surface area contributed by atoms with Crippen LogP contribution >= 0.6 is 24.0 Å². The fourth-order valence-electron chi connectivity index (χ4n) is 2.74. The van der Waals surface area contributed by atoms with Crippen LogP contribution in [0.25, 0.3) is 0 Å². The minimum absolute atomic E-state index is 0. The van der Waals surface area contributed by atoms with Crippen molar-refractivity contribution < 1.29 is 14.3 Å². The van der Waals surface area contributed by atoms with Gasteiger partial charge in [0, 0.05) is 32.8 Å². The minimum atomic E-state index is -0.194. The summed E-state index contributed by atoms with van der Waals surface area (Å²) < 4.78 is 5.29. The number of unbranched alkanes of at least 4 members (excludes halogenated alkanes) is 1. The number of benzene rings is 1. The lowest BCUT2D eigenvalue weighted by molar-refractivity contribution is 0.0652. The first-order valence-corrected chi connectivity index (χ1v) is 9.24. The number of carbonyl (C=O) groups excluding carboxylic acids is 2. The third-order valence-electron chi connectivity index (χ3n) is 4.03. The highest BCUT2D eigenvalue weighted by Crippen LogP contribution is 2.22. The van der Waals surface area contributed by atoms with E-state index in [-0.39, 0.29) is 35.8 Å². The largest absolute Gasteiger partial charge is 0.380 e. The highest BCUT2D eigenvalue weighted by molar-refractivity contribution is 14.0. The number of halogens is 1. The first kappa shape index (κ1) is 23.4. The van der Waals surface area contributed by atoms with Gasteiger partial charge in [-0.25, -0.2) is 0 Å². The number of fused-ring (bicyclic) bond motifs is 1.